The first-order valence-electron chi connectivity index (χ1n) is 9.32. The standard InChI is InChI=1S/C20H27N3O3/c1-14(2)13-23(20(24)15-6-4-7-15)11-10-18-21-19(22-26-18)16-8-5-9-17(12-16)25-3/h5,8-9,12,14-15H,4,6-7,10-11,13H2,1-3H3. The molecule has 1 aromatic heterocycles. The van der Waals surface area contributed by atoms with Gasteiger partial charge in [0.2, 0.25) is 17.6 Å². The summed E-state index contributed by atoms with van der Waals surface area (Å²) in [7, 11) is 1.63. The molecule has 0 atom stereocenters. The van der Waals surface area contributed by atoms with Crippen LogP contribution in [0.2, 0.25) is 0 Å². The molecule has 0 N–H and O–H groups in total. The topological polar surface area (TPSA) is 68.5 Å². The Morgan fingerprint density at radius 1 is 1.38 bits per heavy atom. The molecule has 1 amide bonds. The Bertz CT molecular complexity index is 737. The van der Waals surface area contributed by atoms with Gasteiger partial charge in [-0.25, -0.2) is 0 Å². The minimum atomic E-state index is 0.212. The Hall–Kier alpha value is -2.37. The fraction of sp³-hybridized carbons (Fsp3) is 0.550. The number of aromatic nitrogens is 2. The molecule has 26 heavy (non-hydrogen) atoms. The molecule has 2 aromatic rings. The van der Waals surface area contributed by atoms with Crippen LogP contribution in [-0.4, -0.2) is 41.1 Å². The molecule has 1 aromatic carbocycles. The van der Waals surface area contributed by atoms with Crippen molar-refractivity contribution >= 4 is 5.91 Å². The zero-order chi connectivity index (χ0) is 18.5. The monoisotopic (exact) mass is 357 g/mol. The van der Waals surface area contributed by atoms with Crippen molar-refractivity contribution < 1.29 is 14.1 Å². The average Bonchev–Trinajstić information content (AvgIpc) is 3.05. The first-order valence-corrected chi connectivity index (χ1v) is 9.32. The predicted molar refractivity (Wildman–Crippen MR) is 98.7 cm³/mol. The summed E-state index contributed by atoms with van der Waals surface area (Å²) in [6.07, 6.45) is 3.78. The lowest BCUT2D eigenvalue weighted by Gasteiger charge is -2.32. The lowest BCUT2D eigenvalue weighted by atomic mass is 9.84. The molecule has 1 saturated carbocycles. The zero-order valence-electron chi connectivity index (χ0n) is 15.8. The van der Waals surface area contributed by atoms with Gasteiger partial charge in [-0.05, 0) is 30.9 Å². The van der Waals surface area contributed by atoms with Gasteiger partial charge in [-0.3, -0.25) is 4.79 Å². The maximum absolute atomic E-state index is 12.6. The summed E-state index contributed by atoms with van der Waals surface area (Å²) in [4.78, 5) is 19.1. The van der Waals surface area contributed by atoms with Gasteiger partial charge in [0, 0.05) is 31.0 Å². The number of methoxy groups -OCH3 is 1. The van der Waals surface area contributed by atoms with E-state index in [-0.39, 0.29) is 11.8 Å². The quantitative estimate of drug-likeness (QED) is 0.722. The normalized spacial score (nSPS) is 14.3. The summed E-state index contributed by atoms with van der Waals surface area (Å²) in [6, 6.07) is 7.56. The summed E-state index contributed by atoms with van der Waals surface area (Å²) < 4.78 is 10.6. The summed E-state index contributed by atoms with van der Waals surface area (Å²) in [5, 5.41) is 4.06. The van der Waals surface area contributed by atoms with Crippen LogP contribution in [0.25, 0.3) is 11.4 Å². The molecule has 0 saturated heterocycles. The van der Waals surface area contributed by atoms with Crippen molar-refractivity contribution in [2.75, 3.05) is 20.2 Å². The lowest BCUT2D eigenvalue weighted by Crippen LogP contribution is -2.42. The highest BCUT2D eigenvalue weighted by molar-refractivity contribution is 5.79. The summed E-state index contributed by atoms with van der Waals surface area (Å²) in [5.74, 6) is 2.77. The fourth-order valence-electron chi connectivity index (χ4n) is 3.11. The number of carbonyl (C=O) groups is 1. The van der Waals surface area contributed by atoms with Crippen LogP contribution in [-0.2, 0) is 11.2 Å². The molecule has 1 heterocycles. The van der Waals surface area contributed by atoms with Crippen molar-refractivity contribution in [1.29, 1.82) is 0 Å². The number of benzene rings is 1. The van der Waals surface area contributed by atoms with Crippen molar-refractivity contribution in [3.8, 4) is 17.1 Å². The second kappa shape index (κ2) is 8.34. The molecule has 0 spiro atoms. The SMILES string of the molecule is COc1cccc(-c2noc(CCN(CC(C)C)C(=O)C3CCC3)n2)c1. The number of rotatable bonds is 8. The second-order valence-corrected chi connectivity index (χ2v) is 7.30. The molecule has 0 bridgehead atoms. The van der Waals surface area contributed by atoms with Gasteiger partial charge < -0.3 is 14.2 Å². The highest BCUT2D eigenvalue weighted by atomic mass is 16.5. The third-order valence-electron chi connectivity index (χ3n) is 4.74. The van der Waals surface area contributed by atoms with Crippen molar-refractivity contribution in [1.82, 2.24) is 15.0 Å². The number of hydrogen-bond acceptors (Lipinski definition) is 5. The third-order valence-corrected chi connectivity index (χ3v) is 4.74. The molecule has 140 valence electrons. The molecule has 1 fully saturated rings. The number of nitrogens with zero attached hydrogens (tertiary/aromatic N) is 3. The van der Waals surface area contributed by atoms with E-state index in [2.05, 4.69) is 24.0 Å². The van der Waals surface area contributed by atoms with Crippen LogP contribution in [0.3, 0.4) is 0 Å². The van der Waals surface area contributed by atoms with E-state index in [4.69, 9.17) is 9.26 Å². The van der Waals surface area contributed by atoms with Gasteiger partial charge in [-0.2, -0.15) is 4.98 Å². The Morgan fingerprint density at radius 3 is 2.85 bits per heavy atom. The van der Waals surface area contributed by atoms with Crippen LogP contribution in [0.4, 0.5) is 0 Å². The van der Waals surface area contributed by atoms with E-state index in [0.717, 1.165) is 30.7 Å². The Balaban J connectivity index is 1.64. The van der Waals surface area contributed by atoms with Gasteiger partial charge in [-0.15, -0.1) is 0 Å². The van der Waals surface area contributed by atoms with Crippen molar-refractivity contribution in [3.63, 3.8) is 0 Å². The molecular weight excluding hydrogens is 330 g/mol. The minimum Gasteiger partial charge on any atom is -0.497 e. The van der Waals surface area contributed by atoms with Crippen molar-refractivity contribution in [3.05, 3.63) is 30.2 Å². The maximum atomic E-state index is 12.6. The van der Waals surface area contributed by atoms with E-state index >= 15 is 0 Å². The predicted octanol–water partition coefficient (Wildman–Crippen LogP) is 3.57. The first kappa shape index (κ1) is 18.4. The molecule has 6 nitrogen and oxygen atoms in total. The van der Waals surface area contributed by atoms with Gasteiger partial charge in [0.25, 0.3) is 0 Å². The van der Waals surface area contributed by atoms with Gasteiger partial charge in [0.05, 0.1) is 7.11 Å². The maximum Gasteiger partial charge on any atom is 0.228 e. The van der Waals surface area contributed by atoms with E-state index < -0.39 is 0 Å². The zero-order valence-corrected chi connectivity index (χ0v) is 15.8. The minimum absolute atomic E-state index is 0.212. The van der Waals surface area contributed by atoms with E-state index in [1.807, 2.05) is 29.2 Å². The highest BCUT2D eigenvalue weighted by Gasteiger charge is 2.29. The van der Waals surface area contributed by atoms with E-state index in [9.17, 15) is 4.79 Å². The van der Waals surface area contributed by atoms with Gasteiger partial charge >= 0.3 is 0 Å². The van der Waals surface area contributed by atoms with Crippen LogP contribution in [0.1, 0.15) is 39.0 Å². The molecule has 3 rings (SSSR count). The number of carbonyl (C=O) groups excluding carboxylic acids is 1. The number of ether oxygens (including phenoxy) is 1. The Labute approximate surface area is 154 Å². The summed E-state index contributed by atoms with van der Waals surface area (Å²) >= 11 is 0. The smallest absolute Gasteiger partial charge is 0.228 e. The third kappa shape index (κ3) is 4.42. The molecular formula is C20H27N3O3. The van der Waals surface area contributed by atoms with E-state index in [0.29, 0.717) is 30.6 Å². The molecule has 0 unspecified atom stereocenters. The van der Waals surface area contributed by atoms with Crippen LogP contribution >= 0.6 is 0 Å². The first-order chi connectivity index (χ1) is 12.6. The molecule has 6 heteroatoms. The van der Waals surface area contributed by atoms with Gasteiger partial charge in [0.1, 0.15) is 5.75 Å². The largest absolute Gasteiger partial charge is 0.497 e. The fourth-order valence-corrected chi connectivity index (χ4v) is 3.11. The highest BCUT2D eigenvalue weighted by Crippen LogP contribution is 2.28. The number of amides is 1. The van der Waals surface area contributed by atoms with E-state index in [1.165, 1.54) is 6.42 Å². The van der Waals surface area contributed by atoms with Crippen LogP contribution in [0.15, 0.2) is 28.8 Å². The van der Waals surface area contributed by atoms with Crippen molar-refractivity contribution in [2.45, 2.75) is 39.5 Å². The van der Waals surface area contributed by atoms with Gasteiger partial charge in [0.15, 0.2) is 0 Å². The molecule has 0 radical (unpaired) electrons. The average molecular weight is 357 g/mol. The molecule has 1 aliphatic carbocycles. The van der Waals surface area contributed by atoms with Gasteiger partial charge in [-0.1, -0.05) is 37.6 Å². The summed E-state index contributed by atoms with van der Waals surface area (Å²) in [6.45, 7) is 5.66. The molecule has 1 aliphatic rings. The Kier molecular flexibility index (Phi) is 5.91. The van der Waals surface area contributed by atoms with Crippen LogP contribution in [0.5, 0.6) is 5.75 Å². The Morgan fingerprint density at radius 2 is 2.19 bits per heavy atom. The lowest BCUT2D eigenvalue weighted by molar-refractivity contribution is -0.138. The van der Waals surface area contributed by atoms with Crippen molar-refractivity contribution in [2.24, 2.45) is 11.8 Å². The second-order valence-electron chi connectivity index (χ2n) is 7.30. The number of hydrogen-bond donors (Lipinski definition) is 0. The summed E-state index contributed by atoms with van der Waals surface area (Å²) in [5.41, 5.74) is 0.851. The molecule has 0 aliphatic heterocycles. The van der Waals surface area contributed by atoms with Crippen LogP contribution in [0, 0.1) is 11.8 Å². The van der Waals surface area contributed by atoms with Crippen LogP contribution < -0.4 is 4.74 Å². The van der Waals surface area contributed by atoms with E-state index in [1.54, 1.807) is 7.11 Å².